The third kappa shape index (κ3) is 3.27. The maximum absolute atomic E-state index is 11.6. The van der Waals surface area contributed by atoms with Gasteiger partial charge in [-0.05, 0) is 36.8 Å². The zero-order valence-corrected chi connectivity index (χ0v) is 9.34. The van der Waals surface area contributed by atoms with Gasteiger partial charge >= 0.3 is 6.03 Å². The molecular formula is C12H12N4O. The van der Waals surface area contributed by atoms with Gasteiger partial charge in [0, 0.05) is 12.4 Å². The maximum Gasteiger partial charge on any atom is 0.326 e. The van der Waals surface area contributed by atoms with Gasteiger partial charge < -0.3 is 0 Å². The van der Waals surface area contributed by atoms with Crippen LogP contribution in [0.4, 0.5) is 16.4 Å². The van der Waals surface area contributed by atoms with Crippen LogP contribution in [0.5, 0.6) is 0 Å². The fourth-order valence-corrected chi connectivity index (χ4v) is 1.31. The summed E-state index contributed by atoms with van der Waals surface area (Å²) in [6.07, 6.45) is 3.26. The number of carbonyl (C=O) groups excluding carboxylic acids is 1. The second kappa shape index (κ2) is 5.07. The highest BCUT2D eigenvalue weighted by molar-refractivity contribution is 5.98. The molecule has 0 saturated carbocycles. The van der Waals surface area contributed by atoms with Crippen LogP contribution in [0.15, 0.2) is 42.7 Å². The van der Waals surface area contributed by atoms with E-state index in [4.69, 9.17) is 0 Å². The Hall–Kier alpha value is -2.43. The summed E-state index contributed by atoms with van der Waals surface area (Å²) in [5.74, 6) is 1.01. The van der Waals surface area contributed by atoms with Gasteiger partial charge in [0.25, 0.3) is 0 Å². The number of hydrogen-bond acceptors (Lipinski definition) is 3. The molecule has 0 aliphatic carbocycles. The van der Waals surface area contributed by atoms with Crippen molar-refractivity contribution >= 4 is 17.7 Å². The lowest BCUT2D eigenvalue weighted by Crippen LogP contribution is -2.20. The lowest BCUT2D eigenvalue weighted by molar-refractivity contribution is 0.262. The maximum atomic E-state index is 11.6. The Morgan fingerprint density at radius 1 is 1.06 bits per heavy atom. The topological polar surface area (TPSA) is 66.9 Å². The van der Waals surface area contributed by atoms with Crippen LogP contribution in [0.3, 0.4) is 0 Å². The molecule has 0 unspecified atom stereocenters. The first kappa shape index (κ1) is 11.1. The predicted octanol–water partition coefficient (Wildman–Crippen LogP) is 2.43. The summed E-state index contributed by atoms with van der Waals surface area (Å²) in [5, 5.41) is 5.24. The third-order valence-electron chi connectivity index (χ3n) is 2.06. The van der Waals surface area contributed by atoms with Gasteiger partial charge in [-0.2, -0.15) is 0 Å². The largest absolute Gasteiger partial charge is 0.326 e. The first-order valence-corrected chi connectivity index (χ1v) is 5.16. The Kier molecular flexibility index (Phi) is 3.30. The third-order valence-corrected chi connectivity index (χ3v) is 2.06. The number of anilines is 2. The van der Waals surface area contributed by atoms with Crippen molar-refractivity contribution in [2.45, 2.75) is 6.92 Å². The summed E-state index contributed by atoms with van der Waals surface area (Å²) in [6.45, 7) is 1.93. The highest BCUT2D eigenvalue weighted by Gasteiger charge is 2.03. The predicted molar refractivity (Wildman–Crippen MR) is 65.9 cm³/mol. The molecule has 0 radical (unpaired) electrons. The quantitative estimate of drug-likeness (QED) is 0.829. The van der Waals surface area contributed by atoms with Crippen molar-refractivity contribution in [3.63, 3.8) is 0 Å². The summed E-state index contributed by atoms with van der Waals surface area (Å²) in [6, 6.07) is 8.59. The highest BCUT2D eigenvalue weighted by Crippen LogP contribution is 2.06. The Bertz CT molecular complexity index is 513. The van der Waals surface area contributed by atoms with Crippen LogP contribution in [0, 0.1) is 6.92 Å². The van der Waals surface area contributed by atoms with Gasteiger partial charge in [-0.25, -0.2) is 14.8 Å². The van der Waals surface area contributed by atoms with Crippen LogP contribution >= 0.6 is 0 Å². The Morgan fingerprint density at radius 2 is 1.82 bits per heavy atom. The minimum Gasteiger partial charge on any atom is -0.292 e. The smallest absolute Gasteiger partial charge is 0.292 e. The van der Waals surface area contributed by atoms with Crippen molar-refractivity contribution in [2.75, 3.05) is 10.6 Å². The lowest BCUT2D eigenvalue weighted by atomic mass is 10.3. The fraction of sp³-hybridized carbons (Fsp3) is 0.0833. The van der Waals surface area contributed by atoms with E-state index in [2.05, 4.69) is 20.6 Å². The molecule has 0 aliphatic rings. The van der Waals surface area contributed by atoms with Gasteiger partial charge in [0.15, 0.2) is 0 Å². The number of carbonyl (C=O) groups is 1. The molecule has 5 nitrogen and oxygen atoms in total. The van der Waals surface area contributed by atoms with Crippen LogP contribution in [0.25, 0.3) is 0 Å². The second-order valence-electron chi connectivity index (χ2n) is 3.51. The van der Waals surface area contributed by atoms with E-state index in [-0.39, 0.29) is 6.03 Å². The van der Waals surface area contributed by atoms with Crippen LogP contribution in [0.1, 0.15) is 5.56 Å². The first-order chi connectivity index (χ1) is 8.24. The van der Waals surface area contributed by atoms with E-state index in [1.54, 1.807) is 36.7 Å². The van der Waals surface area contributed by atoms with Crippen LogP contribution in [-0.4, -0.2) is 16.0 Å². The molecule has 0 aromatic carbocycles. The molecule has 5 heteroatoms. The number of aryl methyl sites for hydroxylation is 1. The zero-order valence-electron chi connectivity index (χ0n) is 9.34. The van der Waals surface area contributed by atoms with Gasteiger partial charge in [0.2, 0.25) is 0 Å². The summed E-state index contributed by atoms with van der Waals surface area (Å²) in [5.41, 5.74) is 1.04. The highest BCUT2D eigenvalue weighted by atomic mass is 16.2. The number of nitrogens with zero attached hydrogens (tertiary/aromatic N) is 2. The van der Waals surface area contributed by atoms with Gasteiger partial charge in [0.1, 0.15) is 11.6 Å². The van der Waals surface area contributed by atoms with Gasteiger partial charge in [-0.1, -0.05) is 6.07 Å². The van der Waals surface area contributed by atoms with E-state index in [1.165, 1.54) is 0 Å². The van der Waals surface area contributed by atoms with Crippen molar-refractivity contribution in [3.05, 3.63) is 48.3 Å². The molecule has 2 rings (SSSR count). The van der Waals surface area contributed by atoms with Gasteiger partial charge in [-0.3, -0.25) is 10.6 Å². The standard InChI is InChI=1S/C12H12N4O/c1-9-5-7-14-11(8-9)16-12(17)15-10-4-2-3-6-13-10/h2-8H,1H3,(H2,13,14,15,16,17). The van der Waals surface area contributed by atoms with Gasteiger partial charge in [0.05, 0.1) is 0 Å². The molecule has 2 aromatic rings. The van der Waals surface area contributed by atoms with Crippen molar-refractivity contribution in [1.29, 1.82) is 0 Å². The molecule has 0 bridgehead atoms. The minimum absolute atomic E-state index is 0.359. The number of urea groups is 1. The lowest BCUT2D eigenvalue weighted by Gasteiger charge is -2.06. The molecule has 2 N–H and O–H groups in total. The van der Waals surface area contributed by atoms with Crippen molar-refractivity contribution in [1.82, 2.24) is 9.97 Å². The summed E-state index contributed by atoms with van der Waals surface area (Å²) in [7, 11) is 0. The van der Waals surface area contributed by atoms with E-state index in [0.29, 0.717) is 11.6 Å². The van der Waals surface area contributed by atoms with Crippen molar-refractivity contribution in [2.24, 2.45) is 0 Å². The zero-order chi connectivity index (χ0) is 12.1. The van der Waals surface area contributed by atoms with Crippen LogP contribution < -0.4 is 10.6 Å². The number of pyridine rings is 2. The van der Waals surface area contributed by atoms with E-state index in [0.717, 1.165) is 5.56 Å². The number of amides is 2. The molecule has 86 valence electrons. The average Bonchev–Trinajstić information content (AvgIpc) is 2.30. The molecule has 2 amide bonds. The molecule has 2 aromatic heterocycles. The number of hydrogen-bond donors (Lipinski definition) is 2. The Morgan fingerprint density at radius 3 is 2.53 bits per heavy atom. The SMILES string of the molecule is Cc1ccnc(NC(=O)Nc2ccccn2)c1. The molecular weight excluding hydrogens is 216 g/mol. The monoisotopic (exact) mass is 228 g/mol. The Labute approximate surface area is 98.9 Å². The Balaban J connectivity index is 1.98. The normalized spacial score (nSPS) is 9.71. The number of nitrogens with one attached hydrogen (secondary N) is 2. The van der Waals surface area contributed by atoms with E-state index in [9.17, 15) is 4.79 Å². The van der Waals surface area contributed by atoms with Crippen molar-refractivity contribution in [3.8, 4) is 0 Å². The van der Waals surface area contributed by atoms with Crippen LogP contribution in [-0.2, 0) is 0 Å². The molecule has 2 heterocycles. The van der Waals surface area contributed by atoms with E-state index >= 15 is 0 Å². The van der Waals surface area contributed by atoms with E-state index < -0.39 is 0 Å². The molecule has 0 saturated heterocycles. The summed E-state index contributed by atoms with van der Waals surface area (Å²) < 4.78 is 0. The number of rotatable bonds is 2. The first-order valence-electron chi connectivity index (χ1n) is 5.16. The van der Waals surface area contributed by atoms with E-state index in [1.807, 2.05) is 13.0 Å². The number of aromatic nitrogens is 2. The van der Waals surface area contributed by atoms with Crippen molar-refractivity contribution < 1.29 is 4.79 Å². The second-order valence-corrected chi connectivity index (χ2v) is 3.51. The van der Waals surface area contributed by atoms with Gasteiger partial charge in [-0.15, -0.1) is 0 Å². The average molecular weight is 228 g/mol. The minimum atomic E-state index is -0.359. The molecule has 17 heavy (non-hydrogen) atoms. The molecule has 0 spiro atoms. The summed E-state index contributed by atoms with van der Waals surface area (Å²) in [4.78, 5) is 19.6. The molecule has 0 fully saturated rings. The fourth-order valence-electron chi connectivity index (χ4n) is 1.31. The molecule has 0 atom stereocenters. The molecule has 0 aliphatic heterocycles. The summed E-state index contributed by atoms with van der Waals surface area (Å²) >= 11 is 0. The van der Waals surface area contributed by atoms with Crippen LogP contribution in [0.2, 0.25) is 0 Å².